The van der Waals surface area contributed by atoms with Crippen molar-refractivity contribution in [3.63, 3.8) is 0 Å². The van der Waals surface area contributed by atoms with Gasteiger partial charge in [0.1, 0.15) is 18.9 Å². The summed E-state index contributed by atoms with van der Waals surface area (Å²) in [4.78, 5) is 26.6. The molecule has 1 amide bonds. The van der Waals surface area contributed by atoms with Crippen molar-refractivity contribution in [1.29, 1.82) is 0 Å². The molecule has 0 radical (unpaired) electrons. The van der Waals surface area contributed by atoms with Crippen LogP contribution in [0.1, 0.15) is 5.56 Å². The van der Waals surface area contributed by atoms with Crippen molar-refractivity contribution >= 4 is 45.7 Å². The Hall–Kier alpha value is -4.67. The molecule has 4 N–H and O–H groups in total. The van der Waals surface area contributed by atoms with Gasteiger partial charge >= 0.3 is 6.09 Å². The number of hydrogen-bond donors (Lipinski definition) is 3. The van der Waals surface area contributed by atoms with Gasteiger partial charge in [-0.15, -0.1) is 0 Å². The van der Waals surface area contributed by atoms with Crippen molar-refractivity contribution in [2.75, 3.05) is 47.6 Å². The number of anilines is 5. The highest BCUT2D eigenvalue weighted by Gasteiger charge is 2.24. The summed E-state index contributed by atoms with van der Waals surface area (Å²) in [5.74, 6) is 0.269. The van der Waals surface area contributed by atoms with Crippen molar-refractivity contribution in [3.05, 3.63) is 54.1 Å². The van der Waals surface area contributed by atoms with E-state index in [0.29, 0.717) is 60.2 Å². The van der Waals surface area contributed by atoms with Crippen molar-refractivity contribution in [2.24, 2.45) is 0 Å². The highest BCUT2D eigenvalue weighted by atomic mass is 19.1. The molecule has 2 aromatic carbocycles. The van der Waals surface area contributed by atoms with Crippen molar-refractivity contribution in [1.82, 2.24) is 15.0 Å². The van der Waals surface area contributed by atoms with Crippen LogP contribution < -0.4 is 26.0 Å². The van der Waals surface area contributed by atoms with Crippen molar-refractivity contribution in [3.8, 4) is 17.0 Å². The number of halogens is 1. The second kappa shape index (κ2) is 8.52. The van der Waals surface area contributed by atoms with Crippen LogP contribution in [0.25, 0.3) is 22.0 Å². The summed E-state index contributed by atoms with van der Waals surface area (Å²) >= 11 is 0. The molecule has 182 valence electrons. The minimum Gasteiger partial charge on any atom is -0.474 e. The lowest BCUT2D eigenvalue weighted by molar-refractivity contribution is 0.181. The summed E-state index contributed by atoms with van der Waals surface area (Å²) in [5, 5.41) is 6.82. The molecule has 1 fully saturated rings. The fourth-order valence-electron chi connectivity index (χ4n) is 4.41. The van der Waals surface area contributed by atoms with Gasteiger partial charge in [0.2, 0.25) is 11.8 Å². The van der Waals surface area contributed by atoms with Crippen LogP contribution in [0.3, 0.4) is 0 Å². The molecule has 0 saturated carbocycles. The van der Waals surface area contributed by atoms with Gasteiger partial charge in [-0.25, -0.2) is 24.1 Å². The molecule has 36 heavy (non-hydrogen) atoms. The third kappa shape index (κ3) is 3.65. The number of nitrogens with two attached hydrogens (primary N) is 1. The summed E-state index contributed by atoms with van der Waals surface area (Å²) in [7, 11) is 0. The Bertz CT molecular complexity index is 1510. The molecule has 0 bridgehead atoms. The van der Waals surface area contributed by atoms with Crippen LogP contribution in [0, 0.1) is 12.7 Å². The molecule has 0 spiro atoms. The number of carbonyl (C=O) groups is 1. The molecular formula is C25H22FN7O3. The Balaban J connectivity index is 1.34. The highest BCUT2D eigenvalue weighted by molar-refractivity contribution is 5.96. The summed E-state index contributed by atoms with van der Waals surface area (Å²) in [6.07, 6.45) is 2.72. The number of carbonyl (C=O) groups excluding carboxylic acids is 1. The fraction of sp³-hybridized carbons (Fsp3) is 0.200. The van der Waals surface area contributed by atoms with E-state index in [1.165, 1.54) is 6.20 Å². The maximum atomic E-state index is 15.4. The normalized spacial score (nSPS) is 14.7. The third-order valence-electron chi connectivity index (χ3n) is 6.29. The number of hydrogen-bond acceptors (Lipinski definition) is 9. The standard InChI is InChI=1S/C25H22FN7O3/c1-13-17(11-29-23-22(13)28-6-8-35-23)16-10-19-18(21(27)20(16)26)12-30-24(32-19)31-14-2-4-15(5-3-14)33-7-9-36-25(33)34/h2-5,10-12,28H,6-9,27H2,1H3,(H,30,31,32). The van der Waals surface area contributed by atoms with Crippen LogP contribution in [0.2, 0.25) is 0 Å². The average Bonchev–Trinajstić information content (AvgIpc) is 3.33. The van der Waals surface area contributed by atoms with E-state index < -0.39 is 5.82 Å². The molecule has 6 rings (SSSR count). The Labute approximate surface area is 205 Å². The Morgan fingerprint density at radius 3 is 2.72 bits per heavy atom. The van der Waals surface area contributed by atoms with Crippen LogP contribution in [-0.4, -0.2) is 47.3 Å². The Morgan fingerprint density at radius 2 is 1.94 bits per heavy atom. The number of amides is 1. The van der Waals surface area contributed by atoms with Gasteiger partial charge in [-0.3, -0.25) is 4.90 Å². The average molecular weight is 487 g/mol. The number of fused-ring (bicyclic) bond motifs is 2. The van der Waals surface area contributed by atoms with Crippen LogP contribution in [0.4, 0.5) is 37.9 Å². The molecule has 0 atom stereocenters. The zero-order chi connectivity index (χ0) is 24.8. The van der Waals surface area contributed by atoms with Crippen LogP contribution in [-0.2, 0) is 4.74 Å². The number of nitrogen functional groups attached to an aromatic ring is 1. The van der Waals surface area contributed by atoms with E-state index in [4.69, 9.17) is 15.2 Å². The quantitative estimate of drug-likeness (QED) is 0.362. The molecule has 11 heteroatoms. The fourth-order valence-corrected chi connectivity index (χ4v) is 4.41. The summed E-state index contributed by atoms with van der Waals surface area (Å²) < 4.78 is 25.9. The molecular weight excluding hydrogens is 465 g/mol. The maximum Gasteiger partial charge on any atom is 0.414 e. The number of nitrogens with zero attached hydrogens (tertiary/aromatic N) is 4. The number of ether oxygens (including phenoxy) is 2. The van der Waals surface area contributed by atoms with Crippen LogP contribution >= 0.6 is 0 Å². The first-order valence-corrected chi connectivity index (χ1v) is 11.4. The van der Waals surface area contributed by atoms with Gasteiger partial charge in [-0.05, 0) is 42.8 Å². The number of rotatable bonds is 4. The van der Waals surface area contributed by atoms with Gasteiger partial charge < -0.3 is 25.8 Å². The van der Waals surface area contributed by atoms with E-state index in [2.05, 4.69) is 25.6 Å². The molecule has 4 aromatic rings. The first kappa shape index (κ1) is 21.8. The molecule has 0 aliphatic carbocycles. The van der Waals surface area contributed by atoms with Gasteiger partial charge in [-0.1, -0.05) is 0 Å². The van der Waals surface area contributed by atoms with E-state index in [1.54, 1.807) is 17.2 Å². The second-order valence-corrected chi connectivity index (χ2v) is 8.47. The largest absolute Gasteiger partial charge is 0.474 e. The summed E-state index contributed by atoms with van der Waals surface area (Å²) in [6, 6.07) is 8.90. The van der Waals surface area contributed by atoms with E-state index in [1.807, 2.05) is 31.2 Å². The number of benzene rings is 2. The zero-order valence-electron chi connectivity index (χ0n) is 19.3. The predicted octanol–water partition coefficient (Wildman–Crippen LogP) is 4.23. The highest BCUT2D eigenvalue weighted by Crippen LogP contribution is 2.39. The number of pyridine rings is 1. The first-order valence-electron chi connectivity index (χ1n) is 11.4. The molecule has 10 nitrogen and oxygen atoms in total. The van der Waals surface area contributed by atoms with Gasteiger partial charge in [0.25, 0.3) is 0 Å². The van der Waals surface area contributed by atoms with Crippen molar-refractivity contribution in [2.45, 2.75) is 6.92 Å². The van der Waals surface area contributed by atoms with E-state index in [-0.39, 0.29) is 11.8 Å². The Morgan fingerprint density at radius 1 is 1.11 bits per heavy atom. The lowest BCUT2D eigenvalue weighted by Crippen LogP contribution is -2.23. The van der Waals surface area contributed by atoms with Crippen LogP contribution in [0.5, 0.6) is 5.88 Å². The molecule has 2 aromatic heterocycles. The SMILES string of the molecule is Cc1c(-c2cc3nc(Nc4ccc(N5CCOC5=O)cc4)ncc3c(N)c2F)cnc2c1NCCO2. The van der Waals surface area contributed by atoms with Gasteiger partial charge in [0.15, 0.2) is 5.82 Å². The van der Waals surface area contributed by atoms with Crippen LogP contribution in [0.15, 0.2) is 42.7 Å². The maximum absolute atomic E-state index is 15.4. The van der Waals surface area contributed by atoms with Gasteiger partial charge in [0.05, 0.1) is 17.7 Å². The van der Waals surface area contributed by atoms with Gasteiger partial charge in [-0.2, -0.15) is 0 Å². The number of aromatic nitrogens is 3. The minimum atomic E-state index is -0.551. The molecule has 4 heterocycles. The molecule has 2 aliphatic heterocycles. The monoisotopic (exact) mass is 487 g/mol. The first-order chi connectivity index (χ1) is 17.5. The lowest BCUT2D eigenvalue weighted by Gasteiger charge is -2.22. The van der Waals surface area contributed by atoms with E-state index in [0.717, 1.165) is 22.6 Å². The molecule has 1 saturated heterocycles. The molecule has 0 unspecified atom stereocenters. The zero-order valence-corrected chi connectivity index (χ0v) is 19.3. The predicted molar refractivity (Wildman–Crippen MR) is 134 cm³/mol. The summed E-state index contributed by atoms with van der Waals surface area (Å²) in [5.41, 5.74) is 10.5. The van der Waals surface area contributed by atoms with Gasteiger partial charge in [0, 0.05) is 46.8 Å². The van der Waals surface area contributed by atoms with Crippen molar-refractivity contribution < 1.29 is 18.7 Å². The topological polar surface area (TPSA) is 128 Å². The lowest BCUT2D eigenvalue weighted by atomic mass is 9.98. The third-order valence-corrected chi connectivity index (χ3v) is 6.29. The summed E-state index contributed by atoms with van der Waals surface area (Å²) in [6.45, 7) is 3.95. The number of cyclic esters (lactones) is 1. The Kier molecular flexibility index (Phi) is 5.17. The van der Waals surface area contributed by atoms with E-state index in [9.17, 15) is 4.79 Å². The number of nitrogens with one attached hydrogen (secondary N) is 2. The second-order valence-electron chi connectivity index (χ2n) is 8.47. The smallest absolute Gasteiger partial charge is 0.414 e. The van der Waals surface area contributed by atoms with E-state index >= 15 is 4.39 Å². The minimum absolute atomic E-state index is 0.0303. The molecule has 2 aliphatic rings.